The number of likely N-dealkylation sites (N-methyl/N-ethyl adjacent to an activating group) is 2. The highest BCUT2D eigenvalue weighted by Gasteiger charge is 2.38. The van der Waals surface area contributed by atoms with E-state index in [-0.39, 0.29) is 42.0 Å². The number of nitrogens with one attached hydrogen (secondary N) is 2. The molecule has 0 spiro atoms. The summed E-state index contributed by atoms with van der Waals surface area (Å²) in [5.74, 6) is -2.68. The van der Waals surface area contributed by atoms with Crippen molar-refractivity contribution < 1.29 is 37.9 Å². The summed E-state index contributed by atoms with van der Waals surface area (Å²) in [6.07, 6.45) is 3.25. The molecule has 0 aliphatic rings. The van der Waals surface area contributed by atoms with E-state index in [0.29, 0.717) is 30.9 Å². The summed E-state index contributed by atoms with van der Waals surface area (Å²) in [6.45, 7) is 25.8. The van der Waals surface area contributed by atoms with Gasteiger partial charge in [0.1, 0.15) is 12.1 Å². The lowest BCUT2D eigenvalue weighted by molar-refractivity contribution is -0.154. The Morgan fingerprint density at radius 1 is 0.895 bits per heavy atom. The summed E-state index contributed by atoms with van der Waals surface area (Å²) in [7, 11) is 1.11. The fraction of sp³-hybridized carbons (Fsp3) is 0.682. The zero-order chi connectivity index (χ0) is 43.8. The number of carbonyl (C=O) groups excluding carboxylic acids is 6. The van der Waals surface area contributed by atoms with E-state index in [1.807, 2.05) is 64.1 Å². The van der Waals surface area contributed by atoms with Crippen LogP contribution in [0.15, 0.2) is 42.0 Å². The first-order valence-corrected chi connectivity index (χ1v) is 23.4. The van der Waals surface area contributed by atoms with Crippen molar-refractivity contribution in [1.82, 2.24) is 20.4 Å². The molecule has 0 saturated heterocycles. The Balaban J connectivity index is 3.07. The average Bonchev–Trinajstić information content (AvgIpc) is 3.13. The van der Waals surface area contributed by atoms with Crippen molar-refractivity contribution in [2.24, 2.45) is 17.8 Å². The monoisotopic (exact) mass is 815 g/mol. The van der Waals surface area contributed by atoms with Gasteiger partial charge in [-0.1, -0.05) is 98.2 Å². The smallest absolute Gasteiger partial charge is 0.334 e. The Labute approximate surface area is 344 Å². The summed E-state index contributed by atoms with van der Waals surface area (Å²) in [6, 6.07) is 6.41. The third-order valence-corrected chi connectivity index (χ3v) is 15.5. The van der Waals surface area contributed by atoms with Gasteiger partial charge >= 0.3 is 5.97 Å². The van der Waals surface area contributed by atoms with Crippen molar-refractivity contribution in [3.8, 4) is 0 Å². The quantitative estimate of drug-likeness (QED) is 0.0724. The Morgan fingerprint density at radius 2 is 1.49 bits per heavy atom. The second kappa shape index (κ2) is 23.5. The number of hydrogen-bond donors (Lipinski definition) is 2. The highest BCUT2D eigenvalue weighted by atomic mass is 28.4. The van der Waals surface area contributed by atoms with Gasteiger partial charge in [0.05, 0.1) is 12.6 Å². The van der Waals surface area contributed by atoms with E-state index in [4.69, 9.17) is 9.16 Å². The molecule has 57 heavy (non-hydrogen) atoms. The van der Waals surface area contributed by atoms with E-state index in [2.05, 4.69) is 51.4 Å². The second-order valence-electron chi connectivity index (χ2n) is 17.8. The highest BCUT2D eigenvalue weighted by molar-refractivity contribution is 6.74. The van der Waals surface area contributed by atoms with Gasteiger partial charge < -0.3 is 29.6 Å². The van der Waals surface area contributed by atoms with E-state index in [9.17, 15) is 28.8 Å². The molecule has 13 heteroatoms. The third-order valence-electron chi connectivity index (χ3n) is 11.0. The molecule has 0 aliphatic heterocycles. The van der Waals surface area contributed by atoms with Crippen LogP contribution in [0.2, 0.25) is 18.1 Å². The summed E-state index contributed by atoms with van der Waals surface area (Å²) in [5.41, 5.74) is 1.19. The Kier molecular flexibility index (Phi) is 21.1. The summed E-state index contributed by atoms with van der Waals surface area (Å²) in [5, 5.41) is 5.60. The summed E-state index contributed by atoms with van der Waals surface area (Å²) in [4.78, 5) is 82.3. The van der Waals surface area contributed by atoms with Crippen molar-refractivity contribution >= 4 is 43.7 Å². The van der Waals surface area contributed by atoms with Gasteiger partial charge in [0, 0.05) is 32.7 Å². The number of amides is 4. The highest BCUT2D eigenvalue weighted by Crippen LogP contribution is 2.37. The van der Waals surface area contributed by atoms with Gasteiger partial charge in [0.15, 0.2) is 20.2 Å². The zero-order valence-electron chi connectivity index (χ0n) is 37.6. The standard InChI is InChI=1S/C44H74N4O8Si/c1-16-31(5)39(34(8)49)46-38(50)27-47(12)42(53)36(26-35-23-18-17-19-24-35)48(13)41(52)33(7)45-40(51)37(25-29(2)3)56-43(54)32(6)22-20-21-30(4)28-55-57(14,15)44(9,10)11/h17-19,22-24,29-31,33,36-37,39H,16,20-21,25-28H2,1-15H3,(H,45,51)(H,46,50)/b32-22+/t30?,31?,33-,36+,37+,39-/m0/s1. The predicted molar refractivity (Wildman–Crippen MR) is 229 cm³/mol. The van der Waals surface area contributed by atoms with Crippen molar-refractivity contribution in [3.05, 3.63) is 47.5 Å². The first-order valence-electron chi connectivity index (χ1n) is 20.5. The molecule has 1 aromatic carbocycles. The molecule has 0 fully saturated rings. The molecule has 0 saturated carbocycles. The number of ketones is 1. The van der Waals surface area contributed by atoms with Crippen LogP contribution in [0.3, 0.4) is 0 Å². The maximum atomic E-state index is 13.9. The molecule has 0 bridgehead atoms. The SMILES string of the molecule is CCC(C)[C@H](NC(=O)CN(C)C(=O)[C@@H](Cc1ccccc1)N(C)C(=O)[C@H](C)NC(=O)[C@@H](CC(C)C)OC(=O)/C(C)=C/CCC(C)CO[Si](C)(C)C(C)(C)C)C(C)=O. The van der Waals surface area contributed by atoms with Gasteiger partial charge in [0.25, 0.3) is 5.91 Å². The number of carbonyl (C=O) groups is 6. The fourth-order valence-corrected chi connectivity index (χ4v) is 7.01. The number of ether oxygens (including phenoxy) is 1. The van der Waals surface area contributed by atoms with Crippen LogP contribution in [0.25, 0.3) is 0 Å². The zero-order valence-corrected chi connectivity index (χ0v) is 38.6. The number of nitrogens with zero attached hydrogens (tertiary/aromatic N) is 2. The van der Waals surface area contributed by atoms with Crippen molar-refractivity contribution in [3.63, 3.8) is 0 Å². The molecule has 2 unspecified atom stereocenters. The molecule has 2 N–H and O–H groups in total. The van der Waals surface area contributed by atoms with Gasteiger partial charge in [0.2, 0.25) is 17.7 Å². The van der Waals surface area contributed by atoms with Gasteiger partial charge in [-0.05, 0) is 81.5 Å². The van der Waals surface area contributed by atoms with E-state index in [1.165, 1.54) is 37.7 Å². The van der Waals surface area contributed by atoms with Crippen molar-refractivity contribution in [2.75, 3.05) is 27.2 Å². The normalized spacial score (nSPS) is 15.4. The van der Waals surface area contributed by atoms with Crippen LogP contribution in [0.4, 0.5) is 0 Å². The number of hydrogen-bond acceptors (Lipinski definition) is 8. The van der Waals surface area contributed by atoms with Crippen LogP contribution >= 0.6 is 0 Å². The molecule has 4 amide bonds. The number of rotatable bonds is 23. The molecule has 322 valence electrons. The maximum Gasteiger partial charge on any atom is 0.334 e. The first-order chi connectivity index (χ1) is 26.3. The molecule has 0 radical (unpaired) electrons. The van der Waals surface area contributed by atoms with Crippen LogP contribution in [0.5, 0.6) is 0 Å². The Bertz CT molecular complexity index is 1520. The molecular weight excluding hydrogens is 741 g/mol. The third kappa shape index (κ3) is 17.3. The largest absolute Gasteiger partial charge is 0.449 e. The van der Waals surface area contributed by atoms with E-state index >= 15 is 0 Å². The maximum absolute atomic E-state index is 13.9. The van der Waals surface area contributed by atoms with E-state index in [0.717, 1.165) is 12.0 Å². The molecule has 12 nitrogen and oxygen atoms in total. The van der Waals surface area contributed by atoms with Crippen LogP contribution < -0.4 is 10.6 Å². The minimum absolute atomic E-state index is 0.00443. The number of benzene rings is 1. The van der Waals surface area contributed by atoms with Gasteiger partial charge in [-0.2, -0.15) is 0 Å². The first kappa shape index (κ1) is 51.2. The molecule has 0 heterocycles. The minimum Gasteiger partial charge on any atom is -0.449 e. The second-order valence-corrected chi connectivity index (χ2v) is 22.6. The van der Waals surface area contributed by atoms with Gasteiger partial charge in [-0.15, -0.1) is 0 Å². The van der Waals surface area contributed by atoms with Crippen LogP contribution in [-0.2, 0) is 44.4 Å². The number of Topliss-reactive ketones (excluding diaryl/α,β-unsaturated/α-hetero) is 1. The van der Waals surface area contributed by atoms with Gasteiger partial charge in [-0.3, -0.25) is 24.0 Å². The van der Waals surface area contributed by atoms with E-state index in [1.54, 1.807) is 6.92 Å². The summed E-state index contributed by atoms with van der Waals surface area (Å²) < 4.78 is 12.1. The fourth-order valence-electron chi connectivity index (χ4n) is 5.88. The van der Waals surface area contributed by atoms with Crippen molar-refractivity contribution in [2.45, 2.75) is 151 Å². The van der Waals surface area contributed by atoms with Crippen LogP contribution in [0.1, 0.15) is 107 Å². The molecule has 0 aliphatic carbocycles. The molecular formula is C44H74N4O8Si. The Morgan fingerprint density at radius 3 is 2.02 bits per heavy atom. The molecule has 0 aromatic heterocycles. The van der Waals surface area contributed by atoms with Crippen LogP contribution in [0, 0.1) is 17.8 Å². The Hall–Kier alpha value is -3.84. The average molecular weight is 815 g/mol. The lowest BCUT2D eigenvalue weighted by atomic mass is 9.96. The van der Waals surface area contributed by atoms with Gasteiger partial charge in [-0.25, -0.2) is 4.79 Å². The molecule has 1 aromatic rings. The molecule has 6 atom stereocenters. The van der Waals surface area contributed by atoms with Crippen LogP contribution in [-0.4, -0.2) is 105 Å². The minimum atomic E-state index is -1.85. The topological polar surface area (TPSA) is 151 Å². The summed E-state index contributed by atoms with van der Waals surface area (Å²) >= 11 is 0. The predicted octanol–water partition coefficient (Wildman–Crippen LogP) is 6.48. The number of esters is 1. The lowest BCUT2D eigenvalue weighted by Crippen LogP contribution is -2.56. The molecule has 1 rings (SSSR count). The number of allylic oxidation sites excluding steroid dienone is 1. The lowest BCUT2D eigenvalue weighted by Gasteiger charge is -2.37. The van der Waals surface area contributed by atoms with Crippen molar-refractivity contribution in [1.29, 1.82) is 0 Å². The van der Waals surface area contributed by atoms with E-state index < -0.39 is 62.1 Å².